The molecule has 0 aliphatic carbocycles. The van der Waals surface area contributed by atoms with E-state index < -0.39 is 0 Å². The molecule has 0 spiro atoms. The molecule has 0 saturated carbocycles. The van der Waals surface area contributed by atoms with Crippen LogP contribution in [0.2, 0.25) is 0 Å². The zero-order chi connectivity index (χ0) is 17.4. The van der Waals surface area contributed by atoms with E-state index in [-0.39, 0.29) is 11.3 Å². The third-order valence-electron chi connectivity index (χ3n) is 4.32. The summed E-state index contributed by atoms with van der Waals surface area (Å²) < 4.78 is 6.76. The van der Waals surface area contributed by atoms with E-state index in [1.165, 1.54) is 0 Å². The first kappa shape index (κ1) is 15.1. The number of carbonyl (C=O) groups excluding carboxylic acids is 1. The molecule has 4 rings (SSSR count). The minimum absolute atomic E-state index is 0.0648. The highest BCUT2D eigenvalue weighted by atomic mass is 16.5. The largest absolute Gasteiger partial charge is 0.497 e. The van der Waals surface area contributed by atoms with E-state index in [0.29, 0.717) is 33.1 Å². The summed E-state index contributed by atoms with van der Waals surface area (Å²) in [6, 6.07) is 21.3. The second kappa shape index (κ2) is 5.91. The molecule has 0 N–H and O–H groups in total. The molecule has 0 atom stereocenters. The van der Waals surface area contributed by atoms with Crippen molar-refractivity contribution in [2.45, 2.75) is 0 Å². The summed E-state index contributed by atoms with van der Waals surface area (Å²) in [7, 11) is 1.58. The first-order valence-electron chi connectivity index (χ1n) is 7.92. The van der Waals surface area contributed by atoms with Crippen LogP contribution in [0.1, 0.15) is 10.4 Å². The summed E-state index contributed by atoms with van der Waals surface area (Å²) in [5, 5.41) is 1.06. The SMILES string of the molecule is COc1ccc(C(=O)n2c3ccccc3c(=O)c3ccccc32)cc1. The molecular formula is C21H15NO3. The van der Waals surface area contributed by atoms with E-state index in [1.54, 1.807) is 72.3 Å². The minimum atomic E-state index is -0.185. The van der Waals surface area contributed by atoms with E-state index in [2.05, 4.69) is 0 Å². The van der Waals surface area contributed by atoms with Crippen molar-refractivity contribution >= 4 is 27.7 Å². The van der Waals surface area contributed by atoms with Crippen LogP contribution in [-0.2, 0) is 0 Å². The maximum absolute atomic E-state index is 13.2. The van der Waals surface area contributed by atoms with Gasteiger partial charge in [0.15, 0.2) is 5.43 Å². The Hall–Kier alpha value is -3.40. The molecule has 0 aliphatic heterocycles. The number of aromatic nitrogens is 1. The summed E-state index contributed by atoms with van der Waals surface area (Å²) in [5.41, 5.74) is 1.67. The maximum Gasteiger partial charge on any atom is 0.262 e. The molecule has 0 unspecified atom stereocenters. The second-order valence-electron chi connectivity index (χ2n) is 5.73. The van der Waals surface area contributed by atoms with Gasteiger partial charge in [0, 0.05) is 16.3 Å². The number of rotatable bonds is 2. The van der Waals surface area contributed by atoms with Gasteiger partial charge in [-0.05, 0) is 48.5 Å². The third kappa shape index (κ3) is 2.39. The van der Waals surface area contributed by atoms with Crippen molar-refractivity contribution in [3.05, 3.63) is 88.6 Å². The number of ether oxygens (including phenoxy) is 1. The molecule has 0 aliphatic rings. The van der Waals surface area contributed by atoms with Crippen molar-refractivity contribution in [2.75, 3.05) is 7.11 Å². The lowest BCUT2D eigenvalue weighted by Gasteiger charge is -2.14. The van der Waals surface area contributed by atoms with Crippen LogP contribution in [-0.4, -0.2) is 17.6 Å². The quantitative estimate of drug-likeness (QED) is 0.525. The van der Waals surface area contributed by atoms with Gasteiger partial charge < -0.3 is 4.74 Å². The molecule has 1 heterocycles. The van der Waals surface area contributed by atoms with E-state index in [9.17, 15) is 9.59 Å². The van der Waals surface area contributed by atoms with Crippen molar-refractivity contribution < 1.29 is 9.53 Å². The number of carbonyl (C=O) groups is 1. The highest BCUT2D eigenvalue weighted by molar-refractivity contribution is 6.08. The van der Waals surface area contributed by atoms with Crippen LogP contribution < -0.4 is 10.2 Å². The van der Waals surface area contributed by atoms with Gasteiger partial charge in [-0.2, -0.15) is 0 Å². The summed E-state index contributed by atoms with van der Waals surface area (Å²) in [4.78, 5) is 25.9. The van der Waals surface area contributed by atoms with Gasteiger partial charge in [0.2, 0.25) is 0 Å². The standard InChI is InChI=1S/C21H15NO3/c1-25-15-12-10-14(11-13-15)21(24)22-18-8-4-2-6-16(18)20(23)17-7-3-5-9-19(17)22/h2-13H,1H3. The zero-order valence-corrected chi connectivity index (χ0v) is 13.6. The molecular weight excluding hydrogens is 314 g/mol. The Kier molecular flexibility index (Phi) is 3.58. The predicted molar refractivity (Wildman–Crippen MR) is 98.4 cm³/mol. The third-order valence-corrected chi connectivity index (χ3v) is 4.32. The van der Waals surface area contributed by atoms with Crippen LogP contribution in [0.3, 0.4) is 0 Å². The molecule has 4 nitrogen and oxygen atoms in total. The fraction of sp³-hybridized carbons (Fsp3) is 0.0476. The van der Waals surface area contributed by atoms with Crippen LogP contribution in [0.15, 0.2) is 77.6 Å². The predicted octanol–water partition coefficient (Wildman–Crippen LogP) is 3.85. The van der Waals surface area contributed by atoms with E-state index in [4.69, 9.17) is 4.74 Å². The number of nitrogens with zero attached hydrogens (tertiary/aromatic N) is 1. The summed E-state index contributed by atoms with van der Waals surface area (Å²) in [6.45, 7) is 0. The number of pyridine rings is 1. The number of benzene rings is 3. The highest BCUT2D eigenvalue weighted by Gasteiger charge is 2.16. The summed E-state index contributed by atoms with van der Waals surface area (Å²) in [6.07, 6.45) is 0. The summed E-state index contributed by atoms with van der Waals surface area (Å²) >= 11 is 0. The molecule has 4 heteroatoms. The first-order chi connectivity index (χ1) is 12.2. The lowest BCUT2D eigenvalue weighted by atomic mass is 10.1. The van der Waals surface area contributed by atoms with Crippen LogP contribution >= 0.6 is 0 Å². The number of methoxy groups -OCH3 is 1. The Morgan fingerprint density at radius 2 is 1.32 bits per heavy atom. The number of fused-ring (bicyclic) bond motifs is 2. The van der Waals surface area contributed by atoms with Gasteiger partial charge in [-0.3, -0.25) is 14.2 Å². The Morgan fingerprint density at radius 1 is 0.800 bits per heavy atom. The molecule has 0 amide bonds. The molecule has 122 valence electrons. The number of para-hydroxylation sites is 2. The van der Waals surface area contributed by atoms with Crippen molar-refractivity contribution in [1.82, 2.24) is 4.57 Å². The van der Waals surface area contributed by atoms with Gasteiger partial charge in [0.05, 0.1) is 18.1 Å². The Labute approximate surface area is 143 Å². The highest BCUT2D eigenvalue weighted by Crippen LogP contribution is 2.21. The fourth-order valence-corrected chi connectivity index (χ4v) is 3.08. The minimum Gasteiger partial charge on any atom is -0.497 e. The van der Waals surface area contributed by atoms with Crippen LogP contribution in [0.25, 0.3) is 21.8 Å². The topological polar surface area (TPSA) is 48.3 Å². The number of hydrogen-bond acceptors (Lipinski definition) is 3. The molecule has 0 radical (unpaired) electrons. The van der Waals surface area contributed by atoms with Crippen LogP contribution in [0.5, 0.6) is 5.75 Å². The van der Waals surface area contributed by atoms with Gasteiger partial charge in [0.25, 0.3) is 5.91 Å². The molecule has 0 fully saturated rings. The van der Waals surface area contributed by atoms with Crippen molar-refractivity contribution in [3.8, 4) is 5.75 Å². The van der Waals surface area contributed by atoms with Crippen LogP contribution in [0.4, 0.5) is 0 Å². The average molecular weight is 329 g/mol. The van der Waals surface area contributed by atoms with Crippen LogP contribution in [0, 0.1) is 0 Å². The molecule has 1 aromatic heterocycles. The van der Waals surface area contributed by atoms with Gasteiger partial charge in [-0.15, -0.1) is 0 Å². The van der Waals surface area contributed by atoms with Crippen molar-refractivity contribution in [3.63, 3.8) is 0 Å². The van der Waals surface area contributed by atoms with Gasteiger partial charge in [-0.25, -0.2) is 0 Å². The number of hydrogen-bond donors (Lipinski definition) is 0. The lowest BCUT2D eigenvalue weighted by molar-refractivity contribution is 0.0969. The zero-order valence-electron chi connectivity index (χ0n) is 13.6. The van der Waals surface area contributed by atoms with Crippen molar-refractivity contribution in [1.29, 1.82) is 0 Å². The van der Waals surface area contributed by atoms with E-state index >= 15 is 0 Å². The maximum atomic E-state index is 13.2. The lowest BCUT2D eigenvalue weighted by Crippen LogP contribution is -2.18. The van der Waals surface area contributed by atoms with E-state index in [0.717, 1.165) is 0 Å². The smallest absolute Gasteiger partial charge is 0.262 e. The first-order valence-corrected chi connectivity index (χ1v) is 7.92. The fourth-order valence-electron chi connectivity index (χ4n) is 3.08. The molecule has 0 saturated heterocycles. The molecule has 4 aromatic rings. The van der Waals surface area contributed by atoms with Crippen molar-refractivity contribution in [2.24, 2.45) is 0 Å². The Morgan fingerprint density at radius 3 is 1.84 bits per heavy atom. The average Bonchev–Trinajstić information content (AvgIpc) is 2.68. The monoisotopic (exact) mass is 329 g/mol. The molecule has 25 heavy (non-hydrogen) atoms. The van der Waals surface area contributed by atoms with Gasteiger partial charge >= 0.3 is 0 Å². The Balaban J connectivity index is 2.06. The normalized spacial score (nSPS) is 10.9. The Bertz CT molecular complexity index is 1100. The van der Waals surface area contributed by atoms with E-state index in [1.807, 2.05) is 12.1 Å². The van der Waals surface area contributed by atoms with Gasteiger partial charge in [0.1, 0.15) is 5.75 Å². The molecule has 0 bridgehead atoms. The molecule has 3 aromatic carbocycles. The van der Waals surface area contributed by atoms with Gasteiger partial charge in [-0.1, -0.05) is 24.3 Å². The second-order valence-corrected chi connectivity index (χ2v) is 5.73. The summed E-state index contributed by atoms with van der Waals surface area (Å²) in [5.74, 6) is 0.501.